The van der Waals surface area contributed by atoms with Crippen molar-refractivity contribution in [3.05, 3.63) is 54.0 Å². The van der Waals surface area contributed by atoms with E-state index >= 15 is 0 Å². The molecule has 2 aromatic rings. The van der Waals surface area contributed by atoms with Crippen LogP contribution in [0.25, 0.3) is 0 Å². The van der Waals surface area contributed by atoms with E-state index in [4.69, 9.17) is 0 Å². The highest BCUT2D eigenvalue weighted by molar-refractivity contribution is 7.88. The molecule has 128 valence electrons. The molecule has 0 radical (unpaired) electrons. The van der Waals surface area contributed by atoms with Crippen LogP contribution in [0.15, 0.2) is 42.6 Å². The van der Waals surface area contributed by atoms with E-state index in [1.807, 2.05) is 24.3 Å². The van der Waals surface area contributed by atoms with Crippen LogP contribution in [0.4, 0.5) is 5.82 Å². The quantitative estimate of drug-likeness (QED) is 0.890. The summed E-state index contributed by atoms with van der Waals surface area (Å²) in [7, 11) is -3.14. The summed E-state index contributed by atoms with van der Waals surface area (Å²) >= 11 is 0. The normalized spacial score (nSPS) is 16.3. The number of rotatable bonds is 5. The lowest BCUT2D eigenvalue weighted by Crippen LogP contribution is -2.44. The largest absolute Gasteiger partial charge is 0.356 e. The average molecular weight is 346 g/mol. The maximum atomic E-state index is 11.3. The average Bonchev–Trinajstić information content (AvgIpc) is 2.55. The number of hydrogen-bond acceptors (Lipinski definition) is 5. The Labute approximate surface area is 143 Å². The van der Waals surface area contributed by atoms with Crippen LogP contribution < -0.4 is 9.62 Å². The molecule has 6 nitrogen and oxygen atoms in total. The minimum Gasteiger partial charge on any atom is -0.356 e. The third kappa shape index (κ3) is 4.75. The van der Waals surface area contributed by atoms with Crippen molar-refractivity contribution in [1.82, 2.24) is 14.7 Å². The Hall–Kier alpha value is -1.99. The molecule has 1 aliphatic rings. The van der Waals surface area contributed by atoms with Crippen molar-refractivity contribution in [1.29, 1.82) is 0 Å². The zero-order valence-electron chi connectivity index (χ0n) is 13.7. The number of anilines is 1. The van der Waals surface area contributed by atoms with Gasteiger partial charge >= 0.3 is 0 Å². The van der Waals surface area contributed by atoms with Crippen LogP contribution in [0.5, 0.6) is 0 Å². The number of piperidine rings is 1. The molecule has 2 heterocycles. The molecule has 0 unspecified atom stereocenters. The summed E-state index contributed by atoms with van der Waals surface area (Å²) in [4.78, 5) is 11.2. The molecule has 0 aliphatic carbocycles. The molecule has 1 aromatic carbocycles. The second-order valence-corrected chi connectivity index (χ2v) is 7.92. The van der Waals surface area contributed by atoms with E-state index in [-0.39, 0.29) is 6.04 Å². The van der Waals surface area contributed by atoms with Crippen molar-refractivity contribution in [3.8, 4) is 0 Å². The molecule has 1 N–H and O–H groups in total. The first-order chi connectivity index (χ1) is 11.5. The molecule has 24 heavy (non-hydrogen) atoms. The van der Waals surface area contributed by atoms with E-state index in [0.717, 1.165) is 37.6 Å². The molecule has 1 fully saturated rings. The molecule has 0 atom stereocenters. The Kier molecular flexibility index (Phi) is 5.11. The summed E-state index contributed by atoms with van der Waals surface area (Å²) < 4.78 is 25.3. The van der Waals surface area contributed by atoms with Gasteiger partial charge in [-0.15, -0.1) is 0 Å². The first kappa shape index (κ1) is 16.9. The minimum atomic E-state index is -3.14. The molecular weight excluding hydrogens is 324 g/mol. The van der Waals surface area contributed by atoms with Gasteiger partial charge in [-0.2, -0.15) is 0 Å². The fourth-order valence-electron chi connectivity index (χ4n) is 2.96. The zero-order chi connectivity index (χ0) is 17.0. The number of hydrogen-bond donors (Lipinski definition) is 1. The monoisotopic (exact) mass is 346 g/mol. The fraction of sp³-hybridized carbons (Fsp3) is 0.412. The number of nitrogens with zero attached hydrogens (tertiary/aromatic N) is 3. The smallest absolute Gasteiger partial charge is 0.208 e. The summed E-state index contributed by atoms with van der Waals surface area (Å²) in [6.07, 6.45) is 5.28. The molecule has 0 bridgehead atoms. The van der Waals surface area contributed by atoms with Gasteiger partial charge in [0, 0.05) is 31.7 Å². The van der Waals surface area contributed by atoms with E-state index < -0.39 is 10.0 Å². The Morgan fingerprint density at radius 2 is 1.88 bits per heavy atom. The van der Waals surface area contributed by atoms with Crippen LogP contribution in [0.2, 0.25) is 0 Å². The Morgan fingerprint density at radius 1 is 1.17 bits per heavy atom. The van der Waals surface area contributed by atoms with Crippen molar-refractivity contribution in [2.75, 3.05) is 24.2 Å². The first-order valence-electron chi connectivity index (χ1n) is 8.08. The van der Waals surface area contributed by atoms with Gasteiger partial charge in [0.25, 0.3) is 0 Å². The van der Waals surface area contributed by atoms with Crippen LogP contribution in [0.3, 0.4) is 0 Å². The highest BCUT2D eigenvalue weighted by Crippen LogP contribution is 2.18. The first-order valence-corrected chi connectivity index (χ1v) is 9.97. The molecule has 0 spiro atoms. The zero-order valence-corrected chi connectivity index (χ0v) is 14.5. The molecular formula is C17H22N4O2S. The predicted molar refractivity (Wildman–Crippen MR) is 94.5 cm³/mol. The maximum absolute atomic E-state index is 11.3. The second kappa shape index (κ2) is 7.27. The van der Waals surface area contributed by atoms with Gasteiger partial charge in [-0.05, 0) is 24.5 Å². The molecule has 1 saturated heterocycles. The molecule has 0 amide bonds. The standard InChI is InChI=1S/C17H22N4O2S/c1-24(22,23)20-15-8-11-21(12-9-15)17-7-10-18-16(19-17)13-14-5-3-2-4-6-14/h2-7,10,15,20H,8-9,11-13H2,1H3. The third-order valence-electron chi connectivity index (χ3n) is 4.10. The van der Waals surface area contributed by atoms with Crippen LogP contribution in [-0.2, 0) is 16.4 Å². The summed E-state index contributed by atoms with van der Waals surface area (Å²) in [5.74, 6) is 1.71. The Balaban J connectivity index is 1.63. The van der Waals surface area contributed by atoms with E-state index in [2.05, 4.69) is 31.7 Å². The van der Waals surface area contributed by atoms with Crippen molar-refractivity contribution >= 4 is 15.8 Å². The van der Waals surface area contributed by atoms with Crippen LogP contribution in [0, 0.1) is 0 Å². The van der Waals surface area contributed by atoms with Crippen molar-refractivity contribution in [2.45, 2.75) is 25.3 Å². The van der Waals surface area contributed by atoms with E-state index in [1.54, 1.807) is 6.20 Å². The summed E-state index contributed by atoms with van der Waals surface area (Å²) in [5, 5.41) is 0. The second-order valence-electron chi connectivity index (χ2n) is 6.14. The van der Waals surface area contributed by atoms with Crippen LogP contribution >= 0.6 is 0 Å². The highest BCUT2D eigenvalue weighted by Gasteiger charge is 2.22. The molecule has 1 aliphatic heterocycles. The molecule has 1 aromatic heterocycles. The predicted octanol–water partition coefficient (Wildman–Crippen LogP) is 1.59. The lowest BCUT2D eigenvalue weighted by molar-refractivity contribution is 0.459. The molecule has 7 heteroatoms. The maximum Gasteiger partial charge on any atom is 0.208 e. The van der Waals surface area contributed by atoms with Gasteiger partial charge in [-0.1, -0.05) is 30.3 Å². The highest BCUT2D eigenvalue weighted by atomic mass is 32.2. The number of aromatic nitrogens is 2. The summed E-state index contributed by atoms with van der Waals surface area (Å²) in [5.41, 5.74) is 1.19. The SMILES string of the molecule is CS(=O)(=O)NC1CCN(c2ccnc(Cc3ccccc3)n2)CC1. The Morgan fingerprint density at radius 3 is 2.54 bits per heavy atom. The summed E-state index contributed by atoms with van der Waals surface area (Å²) in [6.45, 7) is 1.57. The van der Waals surface area contributed by atoms with Gasteiger partial charge in [-0.3, -0.25) is 0 Å². The number of nitrogens with one attached hydrogen (secondary N) is 1. The van der Waals surface area contributed by atoms with E-state index in [1.165, 1.54) is 11.8 Å². The van der Waals surface area contributed by atoms with Crippen molar-refractivity contribution in [2.24, 2.45) is 0 Å². The van der Waals surface area contributed by atoms with Crippen LogP contribution in [0.1, 0.15) is 24.2 Å². The summed E-state index contributed by atoms with van der Waals surface area (Å²) in [6, 6.07) is 12.1. The molecule has 3 rings (SSSR count). The lowest BCUT2D eigenvalue weighted by Gasteiger charge is -2.32. The van der Waals surface area contributed by atoms with Gasteiger partial charge < -0.3 is 4.90 Å². The van der Waals surface area contributed by atoms with Crippen molar-refractivity contribution in [3.63, 3.8) is 0 Å². The van der Waals surface area contributed by atoms with Gasteiger partial charge in [0.1, 0.15) is 11.6 Å². The topological polar surface area (TPSA) is 75.2 Å². The van der Waals surface area contributed by atoms with Gasteiger partial charge in [0.05, 0.1) is 6.26 Å². The number of benzene rings is 1. The van der Waals surface area contributed by atoms with Crippen LogP contribution in [-0.4, -0.2) is 43.8 Å². The van der Waals surface area contributed by atoms with Gasteiger partial charge in [0.2, 0.25) is 10.0 Å². The lowest BCUT2D eigenvalue weighted by atomic mass is 10.1. The Bertz CT molecular complexity index is 772. The third-order valence-corrected chi connectivity index (χ3v) is 4.86. The fourth-order valence-corrected chi connectivity index (χ4v) is 3.80. The van der Waals surface area contributed by atoms with Gasteiger partial charge in [0.15, 0.2) is 0 Å². The van der Waals surface area contributed by atoms with E-state index in [9.17, 15) is 8.42 Å². The molecule has 0 saturated carbocycles. The van der Waals surface area contributed by atoms with E-state index in [0.29, 0.717) is 6.42 Å². The van der Waals surface area contributed by atoms with Crippen molar-refractivity contribution < 1.29 is 8.42 Å². The minimum absolute atomic E-state index is 0.0156. The number of sulfonamides is 1. The van der Waals surface area contributed by atoms with Gasteiger partial charge in [-0.25, -0.2) is 23.1 Å².